The number of benzene rings is 1. The van der Waals surface area contributed by atoms with Crippen molar-refractivity contribution in [2.24, 2.45) is 0 Å². The van der Waals surface area contributed by atoms with Gasteiger partial charge in [0.1, 0.15) is 17.2 Å². The number of methoxy groups -OCH3 is 1. The minimum atomic E-state index is 0.0135. The number of aryl methyl sites for hydroxylation is 1. The number of hydrogen-bond donors (Lipinski definition) is 0. The van der Waals surface area contributed by atoms with E-state index in [4.69, 9.17) is 13.9 Å². The van der Waals surface area contributed by atoms with E-state index in [1.807, 2.05) is 66.6 Å². The van der Waals surface area contributed by atoms with Crippen LogP contribution in [0.1, 0.15) is 35.7 Å². The third-order valence-electron chi connectivity index (χ3n) is 5.14. The van der Waals surface area contributed by atoms with Crippen LogP contribution in [-0.2, 0) is 11.3 Å². The van der Waals surface area contributed by atoms with E-state index < -0.39 is 0 Å². The topological polar surface area (TPSA) is 56.8 Å². The molecule has 0 radical (unpaired) electrons. The van der Waals surface area contributed by atoms with Crippen molar-refractivity contribution in [1.29, 1.82) is 0 Å². The van der Waals surface area contributed by atoms with Gasteiger partial charge in [-0.05, 0) is 38.5 Å². The molecule has 4 rings (SSSR count). The zero-order chi connectivity index (χ0) is 19.8. The third-order valence-corrected chi connectivity index (χ3v) is 5.14. The first-order chi connectivity index (χ1) is 13.4. The van der Waals surface area contributed by atoms with Gasteiger partial charge in [0.15, 0.2) is 5.58 Å². The van der Waals surface area contributed by atoms with Crippen LogP contribution in [0.15, 0.2) is 40.8 Å². The highest BCUT2D eigenvalue weighted by Crippen LogP contribution is 2.27. The Morgan fingerprint density at radius 2 is 1.82 bits per heavy atom. The molecule has 3 heterocycles. The molecule has 1 aromatic carbocycles. The van der Waals surface area contributed by atoms with Crippen molar-refractivity contribution < 1.29 is 18.7 Å². The van der Waals surface area contributed by atoms with Crippen LogP contribution in [0.4, 0.5) is 0 Å². The Bertz CT molecular complexity index is 976. The summed E-state index contributed by atoms with van der Waals surface area (Å²) < 4.78 is 18.9. The molecule has 1 fully saturated rings. The number of carbonyl (C=O) groups is 1. The number of ether oxygens (including phenoxy) is 2. The van der Waals surface area contributed by atoms with Crippen LogP contribution in [0.25, 0.3) is 11.1 Å². The second kappa shape index (κ2) is 7.36. The monoisotopic (exact) mass is 382 g/mol. The molecule has 0 bridgehead atoms. The maximum absolute atomic E-state index is 13.3. The Kier molecular flexibility index (Phi) is 4.89. The maximum Gasteiger partial charge on any atom is 0.270 e. The Hall–Kier alpha value is -2.73. The number of hydrogen-bond acceptors (Lipinski definition) is 4. The van der Waals surface area contributed by atoms with Crippen LogP contribution in [0.3, 0.4) is 0 Å². The lowest BCUT2D eigenvalue weighted by Gasteiger charge is -2.35. The van der Waals surface area contributed by atoms with Crippen LogP contribution >= 0.6 is 0 Å². The number of rotatable bonds is 4. The van der Waals surface area contributed by atoms with E-state index in [9.17, 15) is 4.79 Å². The second-order valence-corrected chi connectivity index (χ2v) is 7.54. The van der Waals surface area contributed by atoms with Crippen molar-refractivity contribution >= 4 is 17.0 Å². The van der Waals surface area contributed by atoms with E-state index in [-0.39, 0.29) is 18.1 Å². The van der Waals surface area contributed by atoms with Crippen LogP contribution in [-0.4, -0.2) is 47.8 Å². The van der Waals surface area contributed by atoms with E-state index in [1.54, 1.807) is 7.11 Å². The van der Waals surface area contributed by atoms with Crippen molar-refractivity contribution in [3.8, 4) is 5.75 Å². The first kappa shape index (κ1) is 18.6. The lowest BCUT2D eigenvalue weighted by molar-refractivity contribution is -0.0588. The molecular formula is C22H26N2O4. The summed E-state index contributed by atoms with van der Waals surface area (Å²) in [5.41, 5.74) is 3.41. The maximum atomic E-state index is 13.3. The Balaban J connectivity index is 1.70. The molecule has 28 heavy (non-hydrogen) atoms. The average molecular weight is 382 g/mol. The van der Waals surface area contributed by atoms with Gasteiger partial charge in [-0.1, -0.05) is 12.1 Å². The standard InChI is InChI=1S/C22H26N2O4/c1-14-9-19-21(28-14)10-20(22(25)23-11-15(2)27-16(3)12-23)24(19)13-17-5-7-18(26-4)8-6-17/h5-10,15-16H,11-13H2,1-4H3/t15-,16+. The number of carbonyl (C=O) groups excluding carboxylic acids is 1. The number of nitrogens with zero attached hydrogens (tertiary/aromatic N) is 2. The van der Waals surface area contributed by atoms with Gasteiger partial charge in [-0.25, -0.2) is 0 Å². The van der Waals surface area contributed by atoms with Crippen molar-refractivity contribution in [3.05, 3.63) is 53.4 Å². The van der Waals surface area contributed by atoms with Crippen LogP contribution < -0.4 is 4.74 Å². The normalized spacial score (nSPS) is 19.9. The first-order valence-corrected chi connectivity index (χ1v) is 9.62. The number of fused-ring (bicyclic) bond motifs is 1. The summed E-state index contributed by atoms with van der Waals surface area (Å²) in [7, 11) is 1.65. The highest BCUT2D eigenvalue weighted by Gasteiger charge is 2.29. The van der Waals surface area contributed by atoms with E-state index in [0.29, 0.717) is 25.3 Å². The molecule has 0 saturated carbocycles. The van der Waals surface area contributed by atoms with Crippen LogP contribution in [0.5, 0.6) is 5.75 Å². The van der Waals surface area contributed by atoms with Crippen molar-refractivity contribution in [1.82, 2.24) is 9.47 Å². The summed E-state index contributed by atoms with van der Waals surface area (Å²) >= 11 is 0. The molecule has 6 heteroatoms. The molecule has 1 aliphatic heterocycles. The van der Waals surface area contributed by atoms with Gasteiger partial charge in [-0.2, -0.15) is 0 Å². The fraction of sp³-hybridized carbons (Fsp3) is 0.409. The third kappa shape index (κ3) is 3.52. The molecule has 1 aliphatic rings. The first-order valence-electron chi connectivity index (χ1n) is 9.62. The molecule has 0 spiro atoms. The molecule has 0 unspecified atom stereocenters. The highest BCUT2D eigenvalue weighted by molar-refractivity contribution is 5.97. The Morgan fingerprint density at radius 1 is 1.14 bits per heavy atom. The van der Waals surface area contributed by atoms with Crippen molar-refractivity contribution in [2.45, 2.75) is 39.5 Å². The van der Waals surface area contributed by atoms with E-state index in [2.05, 4.69) is 0 Å². The zero-order valence-electron chi connectivity index (χ0n) is 16.8. The summed E-state index contributed by atoms with van der Waals surface area (Å²) in [5, 5.41) is 0. The van der Waals surface area contributed by atoms with E-state index in [1.165, 1.54) is 0 Å². The SMILES string of the molecule is COc1ccc(Cn2c(C(=O)N3C[C@@H](C)O[C@@H](C)C3)cc3oc(C)cc32)cc1. The zero-order valence-corrected chi connectivity index (χ0v) is 16.8. The number of amides is 1. The van der Waals surface area contributed by atoms with Gasteiger partial charge in [0, 0.05) is 31.8 Å². The van der Waals surface area contributed by atoms with Crippen LogP contribution in [0.2, 0.25) is 0 Å². The van der Waals surface area contributed by atoms with E-state index in [0.717, 1.165) is 28.2 Å². The minimum absolute atomic E-state index is 0.0135. The summed E-state index contributed by atoms with van der Waals surface area (Å²) in [6.07, 6.45) is 0.0610. The summed E-state index contributed by atoms with van der Waals surface area (Å²) in [4.78, 5) is 15.2. The van der Waals surface area contributed by atoms with Gasteiger partial charge >= 0.3 is 0 Å². The number of aromatic nitrogens is 1. The summed E-state index contributed by atoms with van der Waals surface area (Å²) in [6, 6.07) is 11.8. The van der Waals surface area contributed by atoms with Crippen molar-refractivity contribution in [3.63, 3.8) is 0 Å². The van der Waals surface area contributed by atoms with E-state index >= 15 is 0 Å². The summed E-state index contributed by atoms with van der Waals surface area (Å²) in [5.74, 6) is 1.66. The fourth-order valence-electron chi connectivity index (χ4n) is 3.93. The molecule has 1 saturated heterocycles. The fourth-order valence-corrected chi connectivity index (χ4v) is 3.93. The largest absolute Gasteiger partial charge is 0.497 e. The Labute approximate surface area is 164 Å². The lowest BCUT2D eigenvalue weighted by atomic mass is 10.2. The molecule has 0 N–H and O–H groups in total. The summed E-state index contributed by atoms with van der Waals surface area (Å²) in [6.45, 7) is 7.70. The molecular weight excluding hydrogens is 356 g/mol. The molecule has 148 valence electrons. The minimum Gasteiger partial charge on any atom is -0.497 e. The highest BCUT2D eigenvalue weighted by atomic mass is 16.5. The number of furan rings is 1. The van der Waals surface area contributed by atoms with Gasteiger partial charge in [-0.3, -0.25) is 4.79 Å². The molecule has 6 nitrogen and oxygen atoms in total. The van der Waals surface area contributed by atoms with Crippen molar-refractivity contribution in [2.75, 3.05) is 20.2 Å². The predicted molar refractivity (Wildman–Crippen MR) is 107 cm³/mol. The predicted octanol–water partition coefficient (Wildman–Crippen LogP) is 3.85. The van der Waals surface area contributed by atoms with Gasteiger partial charge in [0.25, 0.3) is 5.91 Å². The average Bonchev–Trinajstić information content (AvgIpc) is 3.18. The molecule has 3 aromatic rings. The van der Waals surface area contributed by atoms with Gasteiger partial charge in [0.05, 0.1) is 24.8 Å². The van der Waals surface area contributed by atoms with Gasteiger partial charge in [0.2, 0.25) is 0 Å². The molecule has 0 aliphatic carbocycles. The lowest BCUT2D eigenvalue weighted by Crippen LogP contribution is -2.48. The van der Waals surface area contributed by atoms with Gasteiger partial charge in [-0.15, -0.1) is 0 Å². The Morgan fingerprint density at radius 3 is 2.46 bits per heavy atom. The quantitative estimate of drug-likeness (QED) is 0.688. The molecule has 2 atom stereocenters. The number of morpholine rings is 1. The molecule has 1 amide bonds. The van der Waals surface area contributed by atoms with Crippen LogP contribution in [0, 0.1) is 6.92 Å². The molecule has 2 aromatic heterocycles. The smallest absolute Gasteiger partial charge is 0.270 e. The van der Waals surface area contributed by atoms with Gasteiger partial charge < -0.3 is 23.4 Å². The second-order valence-electron chi connectivity index (χ2n) is 7.54.